The normalized spacial score (nSPS) is 29.0. The summed E-state index contributed by atoms with van der Waals surface area (Å²) in [6.45, 7) is 1.19. The van der Waals surface area contributed by atoms with Crippen LogP contribution in [0, 0.1) is 5.82 Å². The molecule has 1 aromatic rings. The van der Waals surface area contributed by atoms with Crippen molar-refractivity contribution in [2.24, 2.45) is 0 Å². The van der Waals surface area contributed by atoms with Crippen molar-refractivity contribution in [3.05, 3.63) is 35.6 Å². The monoisotopic (exact) mass is 409 g/mol. The number of amides is 1. The Morgan fingerprint density at radius 3 is 2.50 bits per heavy atom. The minimum Gasteiger partial charge on any atom is -0.319 e. The minimum absolute atomic E-state index is 0.0538. The highest BCUT2D eigenvalue weighted by molar-refractivity contribution is 7.89. The van der Waals surface area contributed by atoms with Gasteiger partial charge in [0.05, 0.1) is 18.3 Å². The van der Waals surface area contributed by atoms with E-state index in [0.717, 1.165) is 12.0 Å². The van der Waals surface area contributed by atoms with E-state index in [0.29, 0.717) is 38.9 Å². The molecule has 0 aliphatic carbocycles. The number of nitrogens with zero attached hydrogens (tertiary/aromatic N) is 3. The molecule has 0 spiro atoms. The first-order valence-corrected chi connectivity index (χ1v) is 11.3. The van der Waals surface area contributed by atoms with Crippen LogP contribution in [-0.4, -0.2) is 71.8 Å². The summed E-state index contributed by atoms with van der Waals surface area (Å²) in [7, 11) is -3.37. The molecule has 1 amide bonds. The number of carbonyl (C=O) groups is 2. The van der Waals surface area contributed by atoms with Crippen LogP contribution in [0.2, 0.25) is 0 Å². The number of carbonyl (C=O) groups excluding carboxylic acids is 2. The second-order valence-corrected chi connectivity index (χ2v) is 9.75. The number of ketones is 1. The molecule has 3 fully saturated rings. The van der Waals surface area contributed by atoms with Crippen molar-refractivity contribution in [3.63, 3.8) is 0 Å². The van der Waals surface area contributed by atoms with E-state index in [4.69, 9.17) is 0 Å². The Hall–Kier alpha value is -1.84. The molecule has 2 atom stereocenters. The van der Waals surface area contributed by atoms with Gasteiger partial charge in [-0.2, -0.15) is 4.31 Å². The summed E-state index contributed by atoms with van der Waals surface area (Å²) in [4.78, 5) is 28.2. The maximum absolute atomic E-state index is 13.2. The van der Waals surface area contributed by atoms with Gasteiger partial charge in [0, 0.05) is 19.6 Å². The van der Waals surface area contributed by atoms with Crippen molar-refractivity contribution >= 4 is 21.7 Å². The van der Waals surface area contributed by atoms with Crippen molar-refractivity contribution in [3.8, 4) is 0 Å². The van der Waals surface area contributed by atoms with Crippen molar-refractivity contribution < 1.29 is 22.4 Å². The molecule has 0 N–H and O–H groups in total. The molecule has 3 aliphatic rings. The molecule has 4 rings (SSSR count). The zero-order chi connectivity index (χ0) is 19.9. The number of Topliss-reactive ketones (excluding diaryl/α,β-unsaturated/α-hetero) is 1. The largest absolute Gasteiger partial charge is 0.319 e. The van der Waals surface area contributed by atoms with Crippen LogP contribution in [0.25, 0.3) is 0 Å². The summed E-state index contributed by atoms with van der Waals surface area (Å²) >= 11 is 0. The van der Waals surface area contributed by atoms with E-state index in [2.05, 4.69) is 0 Å². The Morgan fingerprint density at radius 1 is 1.04 bits per heavy atom. The highest BCUT2D eigenvalue weighted by Crippen LogP contribution is 2.32. The van der Waals surface area contributed by atoms with Crippen LogP contribution in [0.1, 0.15) is 31.2 Å². The lowest BCUT2D eigenvalue weighted by Crippen LogP contribution is -2.70. The van der Waals surface area contributed by atoms with Crippen LogP contribution < -0.4 is 0 Å². The smallest absolute Gasteiger partial charge is 0.292 e. The molecule has 0 bridgehead atoms. The standard InChI is InChI=1S/C19H24FN3O4S/c20-15-7-5-14(6-8-15)12-21-13-17(24)19(25)22-9-3-4-16(18(21)22)23-10-1-2-11-28(23,26)27/h5-8,16,18H,1-4,9-13H2. The van der Waals surface area contributed by atoms with Gasteiger partial charge in [0.1, 0.15) is 12.0 Å². The molecule has 2 unspecified atom stereocenters. The summed E-state index contributed by atoms with van der Waals surface area (Å²) in [6.07, 6.45) is 2.29. The number of hydrogen-bond donors (Lipinski definition) is 0. The third kappa shape index (κ3) is 3.58. The van der Waals surface area contributed by atoms with Crippen LogP contribution in [0.4, 0.5) is 4.39 Å². The molecule has 0 aromatic heterocycles. The van der Waals surface area contributed by atoms with Crippen LogP contribution in [-0.2, 0) is 26.2 Å². The van der Waals surface area contributed by atoms with Gasteiger partial charge < -0.3 is 4.90 Å². The first kappa shape index (κ1) is 19.5. The van der Waals surface area contributed by atoms with Gasteiger partial charge in [-0.3, -0.25) is 14.5 Å². The summed E-state index contributed by atoms with van der Waals surface area (Å²) < 4.78 is 40.2. The first-order chi connectivity index (χ1) is 13.4. The van der Waals surface area contributed by atoms with Gasteiger partial charge in [-0.15, -0.1) is 0 Å². The van der Waals surface area contributed by atoms with Gasteiger partial charge in [0.2, 0.25) is 15.8 Å². The van der Waals surface area contributed by atoms with Gasteiger partial charge in [-0.25, -0.2) is 12.8 Å². The Labute approximate surface area is 164 Å². The summed E-state index contributed by atoms with van der Waals surface area (Å²) in [5, 5.41) is 0. The Bertz CT molecular complexity index is 874. The fourth-order valence-corrected chi connectivity index (χ4v) is 6.41. The summed E-state index contributed by atoms with van der Waals surface area (Å²) in [5.74, 6) is -1.23. The van der Waals surface area contributed by atoms with Crippen LogP contribution in [0.3, 0.4) is 0 Å². The van der Waals surface area contributed by atoms with E-state index in [-0.39, 0.29) is 24.2 Å². The highest BCUT2D eigenvalue weighted by atomic mass is 32.2. The van der Waals surface area contributed by atoms with Gasteiger partial charge in [-0.1, -0.05) is 12.1 Å². The van der Waals surface area contributed by atoms with E-state index in [9.17, 15) is 22.4 Å². The third-order valence-electron chi connectivity index (χ3n) is 5.84. The Kier molecular flexibility index (Phi) is 5.24. The zero-order valence-corrected chi connectivity index (χ0v) is 16.4. The number of benzene rings is 1. The van der Waals surface area contributed by atoms with Crippen molar-refractivity contribution in [2.45, 2.75) is 44.4 Å². The zero-order valence-electron chi connectivity index (χ0n) is 15.6. The molecular formula is C19H24FN3O4S. The number of rotatable bonds is 3. The molecule has 28 heavy (non-hydrogen) atoms. The van der Waals surface area contributed by atoms with E-state index in [1.807, 2.05) is 4.90 Å². The summed E-state index contributed by atoms with van der Waals surface area (Å²) in [5.41, 5.74) is 0.814. The average Bonchev–Trinajstić information content (AvgIpc) is 2.67. The molecular weight excluding hydrogens is 385 g/mol. The molecule has 3 saturated heterocycles. The van der Waals surface area contributed by atoms with Crippen LogP contribution in [0.15, 0.2) is 24.3 Å². The fraction of sp³-hybridized carbons (Fsp3) is 0.579. The molecule has 3 heterocycles. The SMILES string of the molecule is O=C1CN(Cc2ccc(F)cc2)C2C(N3CCCCS3(=O)=O)CCCN2C1=O. The predicted octanol–water partition coefficient (Wildman–Crippen LogP) is 0.953. The number of hydrogen-bond acceptors (Lipinski definition) is 5. The third-order valence-corrected chi connectivity index (χ3v) is 7.81. The van der Waals surface area contributed by atoms with Gasteiger partial charge >= 0.3 is 0 Å². The topological polar surface area (TPSA) is 78.0 Å². The predicted molar refractivity (Wildman–Crippen MR) is 100 cm³/mol. The number of piperidine rings is 1. The molecule has 7 nitrogen and oxygen atoms in total. The van der Waals surface area contributed by atoms with Crippen LogP contribution >= 0.6 is 0 Å². The quantitative estimate of drug-likeness (QED) is 0.695. The minimum atomic E-state index is -3.37. The summed E-state index contributed by atoms with van der Waals surface area (Å²) in [6, 6.07) is 5.65. The number of fused-ring (bicyclic) bond motifs is 1. The van der Waals surface area contributed by atoms with Gasteiger partial charge in [0.25, 0.3) is 5.91 Å². The number of halogens is 1. The molecule has 0 radical (unpaired) electrons. The van der Waals surface area contributed by atoms with E-state index >= 15 is 0 Å². The Morgan fingerprint density at radius 2 is 1.79 bits per heavy atom. The Balaban J connectivity index is 1.67. The van der Waals surface area contributed by atoms with Crippen molar-refractivity contribution in [2.75, 3.05) is 25.4 Å². The van der Waals surface area contributed by atoms with Gasteiger partial charge in [0.15, 0.2) is 0 Å². The van der Waals surface area contributed by atoms with E-state index in [1.165, 1.54) is 17.0 Å². The fourth-order valence-electron chi connectivity index (χ4n) is 4.57. The highest BCUT2D eigenvalue weighted by Gasteiger charge is 2.49. The van der Waals surface area contributed by atoms with Crippen molar-refractivity contribution in [1.82, 2.24) is 14.1 Å². The number of sulfonamides is 1. The van der Waals surface area contributed by atoms with E-state index in [1.54, 1.807) is 16.4 Å². The first-order valence-electron chi connectivity index (χ1n) is 9.68. The molecule has 1 aromatic carbocycles. The van der Waals surface area contributed by atoms with Crippen molar-refractivity contribution in [1.29, 1.82) is 0 Å². The van der Waals surface area contributed by atoms with Crippen LogP contribution in [0.5, 0.6) is 0 Å². The maximum atomic E-state index is 13.2. The maximum Gasteiger partial charge on any atom is 0.292 e. The molecule has 0 saturated carbocycles. The molecule has 9 heteroatoms. The average molecular weight is 409 g/mol. The van der Waals surface area contributed by atoms with Gasteiger partial charge in [-0.05, 0) is 43.4 Å². The lowest BCUT2D eigenvalue weighted by atomic mass is 9.96. The van der Waals surface area contributed by atoms with E-state index < -0.39 is 27.9 Å². The molecule has 3 aliphatic heterocycles. The lowest BCUT2D eigenvalue weighted by molar-refractivity contribution is -0.162. The second-order valence-electron chi connectivity index (χ2n) is 7.71. The second kappa shape index (κ2) is 7.53. The molecule has 152 valence electrons. The lowest BCUT2D eigenvalue weighted by Gasteiger charge is -2.52.